The standard InChI is InChI=1S/C12H19N3O2/c1-3-9-8-13-5-4-12(9,16)10-11(17-2)15-7-6-14-10/h6-7,9,13,16H,3-5,8H2,1-2H3. The number of aliphatic hydroxyl groups is 1. The zero-order valence-corrected chi connectivity index (χ0v) is 10.3. The summed E-state index contributed by atoms with van der Waals surface area (Å²) in [7, 11) is 1.55. The van der Waals surface area contributed by atoms with E-state index in [0.29, 0.717) is 18.0 Å². The lowest BCUT2D eigenvalue weighted by atomic mass is 9.77. The molecule has 2 atom stereocenters. The first kappa shape index (κ1) is 12.3. The van der Waals surface area contributed by atoms with Crippen LogP contribution in [-0.4, -0.2) is 35.3 Å². The minimum atomic E-state index is -0.931. The number of hydrogen-bond donors (Lipinski definition) is 2. The number of nitrogens with zero attached hydrogens (tertiary/aromatic N) is 2. The van der Waals surface area contributed by atoms with E-state index in [1.807, 2.05) is 0 Å². The summed E-state index contributed by atoms with van der Waals surface area (Å²) in [6.45, 7) is 3.66. The number of aromatic nitrogens is 2. The van der Waals surface area contributed by atoms with E-state index < -0.39 is 5.60 Å². The molecule has 0 amide bonds. The maximum absolute atomic E-state index is 10.9. The Kier molecular flexibility index (Phi) is 3.59. The molecule has 5 nitrogen and oxygen atoms in total. The summed E-state index contributed by atoms with van der Waals surface area (Å²) in [5.74, 6) is 0.567. The third kappa shape index (κ3) is 2.12. The van der Waals surface area contributed by atoms with Gasteiger partial charge in [0.05, 0.1) is 7.11 Å². The van der Waals surface area contributed by atoms with Crippen molar-refractivity contribution in [1.82, 2.24) is 15.3 Å². The Morgan fingerprint density at radius 1 is 1.53 bits per heavy atom. The molecule has 2 heterocycles. The van der Waals surface area contributed by atoms with Gasteiger partial charge in [-0.15, -0.1) is 0 Å². The maximum Gasteiger partial charge on any atom is 0.238 e. The van der Waals surface area contributed by atoms with Gasteiger partial charge in [0.2, 0.25) is 5.88 Å². The van der Waals surface area contributed by atoms with Crippen molar-refractivity contribution in [1.29, 1.82) is 0 Å². The molecule has 1 aliphatic heterocycles. The van der Waals surface area contributed by atoms with Crippen LogP contribution in [0.5, 0.6) is 5.88 Å². The molecule has 1 aromatic rings. The summed E-state index contributed by atoms with van der Waals surface area (Å²) in [5, 5.41) is 14.2. The highest BCUT2D eigenvalue weighted by atomic mass is 16.5. The lowest BCUT2D eigenvalue weighted by Gasteiger charge is -2.39. The van der Waals surface area contributed by atoms with Crippen molar-refractivity contribution in [3.05, 3.63) is 18.1 Å². The molecule has 2 N–H and O–H groups in total. The van der Waals surface area contributed by atoms with Gasteiger partial charge in [0, 0.05) is 24.9 Å². The lowest BCUT2D eigenvalue weighted by molar-refractivity contribution is -0.0535. The van der Waals surface area contributed by atoms with Gasteiger partial charge in [0.1, 0.15) is 11.3 Å². The smallest absolute Gasteiger partial charge is 0.238 e. The molecule has 0 radical (unpaired) electrons. The van der Waals surface area contributed by atoms with Gasteiger partial charge in [-0.2, -0.15) is 0 Å². The van der Waals surface area contributed by atoms with Crippen molar-refractivity contribution < 1.29 is 9.84 Å². The van der Waals surface area contributed by atoms with E-state index in [1.54, 1.807) is 19.5 Å². The van der Waals surface area contributed by atoms with Gasteiger partial charge in [-0.05, 0) is 19.4 Å². The van der Waals surface area contributed by atoms with Gasteiger partial charge in [-0.25, -0.2) is 4.98 Å². The van der Waals surface area contributed by atoms with Gasteiger partial charge < -0.3 is 15.2 Å². The van der Waals surface area contributed by atoms with E-state index in [0.717, 1.165) is 19.5 Å². The summed E-state index contributed by atoms with van der Waals surface area (Å²) in [6, 6.07) is 0. The molecule has 2 unspecified atom stereocenters. The third-order valence-corrected chi connectivity index (χ3v) is 3.51. The van der Waals surface area contributed by atoms with Crippen molar-refractivity contribution in [2.75, 3.05) is 20.2 Å². The first-order chi connectivity index (χ1) is 8.22. The van der Waals surface area contributed by atoms with Crippen LogP contribution in [0.15, 0.2) is 12.4 Å². The fraction of sp³-hybridized carbons (Fsp3) is 0.667. The molecule has 0 bridgehead atoms. The van der Waals surface area contributed by atoms with E-state index in [2.05, 4.69) is 22.2 Å². The van der Waals surface area contributed by atoms with Gasteiger partial charge >= 0.3 is 0 Å². The van der Waals surface area contributed by atoms with Gasteiger partial charge in [-0.1, -0.05) is 6.92 Å². The number of hydrogen-bond acceptors (Lipinski definition) is 5. The van der Waals surface area contributed by atoms with Crippen LogP contribution in [-0.2, 0) is 5.60 Å². The monoisotopic (exact) mass is 237 g/mol. The number of nitrogens with one attached hydrogen (secondary N) is 1. The second-order valence-electron chi connectivity index (χ2n) is 4.40. The van der Waals surface area contributed by atoms with Crippen LogP contribution in [0.25, 0.3) is 0 Å². The predicted molar refractivity (Wildman–Crippen MR) is 63.7 cm³/mol. The molecular formula is C12H19N3O2. The topological polar surface area (TPSA) is 67.3 Å². The van der Waals surface area contributed by atoms with E-state index in [-0.39, 0.29) is 5.92 Å². The molecule has 5 heteroatoms. The van der Waals surface area contributed by atoms with Crippen molar-refractivity contribution in [2.24, 2.45) is 5.92 Å². The van der Waals surface area contributed by atoms with Crippen LogP contribution < -0.4 is 10.1 Å². The predicted octanol–water partition coefficient (Wildman–Crippen LogP) is 0.692. The molecule has 17 heavy (non-hydrogen) atoms. The molecule has 0 saturated carbocycles. The fourth-order valence-electron chi connectivity index (χ4n) is 2.49. The molecule has 2 rings (SSSR count). The Morgan fingerprint density at radius 2 is 2.29 bits per heavy atom. The largest absolute Gasteiger partial charge is 0.480 e. The fourth-order valence-corrected chi connectivity index (χ4v) is 2.49. The van der Waals surface area contributed by atoms with Crippen molar-refractivity contribution in [2.45, 2.75) is 25.4 Å². The molecule has 1 aromatic heterocycles. The zero-order chi connectivity index (χ0) is 12.3. The average Bonchev–Trinajstić information content (AvgIpc) is 2.39. The van der Waals surface area contributed by atoms with Crippen LogP contribution >= 0.6 is 0 Å². The first-order valence-electron chi connectivity index (χ1n) is 6.01. The van der Waals surface area contributed by atoms with Crippen LogP contribution in [0, 0.1) is 5.92 Å². The highest BCUT2D eigenvalue weighted by molar-refractivity contribution is 5.26. The van der Waals surface area contributed by atoms with Crippen molar-refractivity contribution >= 4 is 0 Å². The van der Waals surface area contributed by atoms with E-state index >= 15 is 0 Å². The lowest BCUT2D eigenvalue weighted by Crippen LogP contribution is -2.48. The Morgan fingerprint density at radius 3 is 3.00 bits per heavy atom. The van der Waals surface area contributed by atoms with E-state index in [1.165, 1.54) is 0 Å². The van der Waals surface area contributed by atoms with Crippen LogP contribution in [0.1, 0.15) is 25.5 Å². The quantitative estimate of drug-likeness (QED) is 0.809. The average molecular weight is 237 g/mol. The molecule has 1 aliphatic rings. The van der Waals surface area contributed by atoms with Crippen molar-refractivity contribution in [3.63, 3.8) is 0 Å². The summed E-state index contributed by atoms with van der Waals surface area (Å²) in [4.78, 5) is 8.40. The zero-order valence-electron chi connectivity index (χ0n) is 10.3. The Balaban J connectivity index is 2.41. The molecule has 0 spiro atoms. The minimum Gasteiger partial charge on any atom is -0.480 e. The SMILES string of the molecule is CCC1CNCCC1(O)c1nccnc1OC. The normalized spacial score (nSPS) is 29.0. The molecule has 1 saturated heterocycles. The molecular weight excluding hydrogens is 218 g/mol. The Labute approximate surface area is 101 Å². The van der Waals surface area contributed by atoms with Crippen LogP contribution in [0.4, 0.5) is 0 Å². The molecule has 0 aromatic carbocycles. The second kappa shape index (κ2) is 4.98. The van der Waals surface area contributed by atoms with Crippen LogP contribution in [0.2, 0.25) is 0 Å². The van der Waals surface area contributed by atoms with E-state index in [4.69, 9.17) is 4.74 Å². The molecule has 1 fully saturated rings. The minimum absolute atomic E-state index is 0.141. The number of rotatable bonds is 3. The van der Waals surface area contributed by atoms with Crippen molar-refractivity contribution in [3.8, 4) is 5.88 Å². The summed E-state index contributed by atoms with van der Waals surface area (Å²) in [5.41, 5.74) is -0.365. The number of ether oxygens (including phenoxy) is 1. The summed E-state index contributed by atoms with van der Waals surface area (Å²) in [6.07, 6.45) is 4.71. The Bertz CT molecular complexity index is 386. The van der Waals surface area contributed by atoms with Gasteiger partial charge in [0.25, 0.3) is 0 Å². The maximum atomic E-state index is 10.9. The van der Waals surface area contributed by atoms with Gasteiger partial charge in [-0.3, -0.25) is 4.98 Å². The van der Waals surface area contributed by atoms with E-state index in [9.17, 15) is 5.11 Å². The highest BCUT2D eigenvalue weighted by Gasteiger charge is 2.43. The highest BCUT2D eigenvalue weighted by Crippen LogP contribution is 2.38. The number of methoxy groups -OCH3 is 1. The van der Waals surface area contributed by atoms with Crippen LogP contribution in [0.3, 0.4) is 0 Å². The third-order valence-electron chi connectivity index (χ3n) is 3.51. The molecule has 94 valence electrons. The second-order valence-corrected chi connectivity index (χ2v) is 4.40. The first-order valence-corrected chi connectivity index (χ1v) is 6.01. The summed E-state index contributed by atoms with van der Waals surface area (Å²) >= 11 is 0. The number of piperidine rings is 1. The Hall–Kier alpha value is -1.20. The van der Waals surface area contributed by atoms with Gasteiger partial charge in [0.15, 0.2) is 0 Å². The summed E-state index contributed by atoms with van der Waals surface area (Å²) < 4.78 is 5.20. The molecule has 0 aliphatic carbocycles.